The van der Waals surface area contributed by atoms with E-state index in [1.807, 2.05) is 19.9 Å². The van der Waals surface area contributed by atoms with Crippen molar-refractivity contribution in [3.8, 4) is 11.8 Å². The topological polar surface area (TPSA) is 40.8 Å². The summed E-state index contributed by atoms with van der Waals surface area (Å²) in [5.41, 5.74) is 4.63. The van der Waals surface area contributed by atoms with E-state index in [1.54, 1.807) is 0 Å². The SMILES string of the molecule is Cc1cc(CNCC(C)(C)C#N)c(C)n1-c1ccccc1. The summed E-state index contributed by atoms with van der Waals surface area (Å²) in [4.78, 5) is 0. The molecule has 110 valence electrons. The third-order valence-electron chi connectivity index (χ3n) is 3.74. The van der Waals surface area contributed by atoms with Crippen molar-refractivity contribution in [2.24, 2.45) is 5.41 Å². The van der Waals surface area contributed by atoms with E-state index in [2.05, 4.69) is 60.1 Å². The predicted molar refractivity (Wildman–Crippen MR) is 86.3 cm³/mol. The number of rotatable bonds is 5. The van der Waals surface area contributed by atoms with Gasteiger partial charge in [-0.05, 0) is 51.5 Å². The van der Waals surface area contributed by atoms with Gasteiger partial charge in [-0.15, -0.1) is 0 Å². The molecule has 3 heteroatoms. The lowest BCUT2D eigenvalue weighted by atomic mass is 9.96. The molecular weight excluding hydrogens is 258 g/mol. The van der Waals surface area contributed by atoms with Crippen molar-refractivity contribution >= 4 is 0 Å². The molecular formula is C18H23N3. The third kappa shape index (κ3) is 3.53. The van der Waals surface area contributed by atoms with Crippen LogP contribution in [0.4, 0.5) is 0 Å². The van der Waals surface area contributed by atoms with E-state index in [0.29, 0.717) is 6.54 Å². The molecule has 0 aliphatic heterocycles. The van der Waals surface area contributed by atoms with Crippen LogP contribution >= 0.6 is 0 Å². The van der Waals surface area contributed by atoms with Gasteiger partial charge in [-0.1, -0.05) is 18.2 Å². The Balaban J connectivity index is 2.15. The van der Waals surface area contributed by atoms with Crippen molar-refractivity contribution < 1.29 is 0 Å². The van der Waals surface area contributed by atoms with Crippen molar-refractivity contribution in [1.29, 1.82) is 5.26 Å². The molecule has 1 N–H and O–H groups in total. The minimum Gasteiger partial charge on any atom is -0.318 e. The van der Waals surface area contributed by atoms with Crippen LogP contribution in [0.5, 0.6) is 0 Å². The number of nitrogens with zero attached hydrogens (tertiary/aromatic N) is 2. The summed E-state index contributed by atoms with van der Waals surface area (Å²) in [7, 11) is 0. The second-order valence-corrected chi connectivity index (χ2v) is 6.17. The first-order valence-electron chi connectivity index (χ1n) is 7.30. The minimum absolute atomic E-state index is 0.328. The second kappa shape index (κ2) is 6.15. The Labute approximate surface area is 127 Å². The Hall–Kier alpha value is -2.05. The van der Waals surface area contributed by atoms with Gasteiger partial charge in [0, 0.05) is 30.2 Å². The molecule has 0 aliphatic carbocycles. The van der Waals surface area contributed by atoms with Gasteiger partial charge in [-0.3, -0.25) is 0 Å². The number of hydrogen-bond donors (Lipinski definition) is 1. The maximum Gasteiger partial charge on any atom is 0.0697 e. The lowest BCUT2D eigenvalue weighted by molar-refractivity contribution is 0.444. The number of nitrogens with one attached hydrogen (secondary N) is 1. The number of para-hydroxylation sites is 1. The van der Waals surface area contributed by atoms with Crippen LogP contribution in [0.2, 0.25) is 0 Å². The van der Waals surface area contributed by atoms with Crippen LogP contribution in [0.15, 0.2) is 36.4 Å². The maximum atomic E-state index is 9.05. The van der Waals surface area contributed by atoms with E-state index in [-0.39, 0.29) is 5.41 Å². The molecule has 0 bridgehead atoms. The summed E-state index contributed by atoms with van der Waals surface area (Å²) < 4.78 is 2.27. The van der Waals surface area contributed by atoms with Gasteiger partial charge in [0.05, 0.1) is 11.5 Å². The Kier molecular flexibility index (Phi) is 4.50. The van der Waals surface area contributed by atoms with E-state index in [4.69, 9.17) is 5.26 Å². The Morgan fingerprint density at radius 3 is 2.48 bits per heavy atom. The van der Waals surface area contributed by atoms with Crippen LogP contribution in [0.25, 0.3) is 5.69 Å². The number of aromatic nitrogens is 1. The minimum atomic E-state index is -0.328. The molecule has 0 radical (unpaired) electrons. The summed E-state index contributed by atoms with van der Waals surface area (Å²) in [5, 5.41) is 12.4. The van der Waals surface area contributed by atoms with Crippen molar-refractivity contribution in [1.82, 2.24) is 9.88 Å². The molecule has 0 fully saturated rings. The normalized spacial score (nSPS) is 11.4. The summed E-state index contributed by atoms with van der Waals surface area (Å²) in [5.74, 6) is 0. The van der Waals surface area contributed by atoms with E-state index in [0.717, 1.165) is 6.54 Å². The summed E-state index contributed by atoms with van der Waals surface area (Å²) in [6, 6.07) is 14.9. The third-order valence-corrected chi connectivity index (χ3v) is 3.74. The molecule has 3 nitrogen and oxygen atoms in total. The summed E-state index contributed by atoms with van der Waals surface area (Å²) >= 11 is 0. The van der Waals surface area contributed by atoms with Crippen LogP contribution in [-0.4, -0.2) is 11.1 Å². The van der Waals surface area contributed by atoms with Crippen LogP contribution in [0, 0.1) is 30.6 Å². The molecule has 2 aromatic rings. The van der Waals surface area contributed by atoms with E-state index >= 15 is 0 Å². The molecule has 0 saturated heterocycles. The average molecular weight is 281 g/mol. The van der Waals surface area contributed by atoms with Gasteiger partial charge in [0.15, 0.2) is 0 Å². The number of benzene rings is 1. The van der Waals surface area contributed by atoms with Crippen LogP contribution < -0.4 is 5.32 Å². The lowest BCUT2D eigenvalue weighted by Gasteiger charge is -2.16. The Bertz CT molecular complexity index is 645. The average Bonchev–Trinajstić information content (AvgIpc) is 2.74. The van der Waals surface area contributed by atoms with Crippen molar-refractivity contribution in [3.05, 3.63) is 53.3 Å². The molecule has 0 aliphatic rings. The molecule has 0 spiro atoms. The number of nitriles is 1. The molecule has 1 aromatic carbocycles. The van der Waals surface area contributed by atoms with Gasteiger partial charge >= 0.3 is 0 Å². The van der Waals surface area contributed by atoms with Crippen molar-refractivity contribution in [2.45, 2.75) is 34.2 Å². The van der Waals surface area contributed by atoms with Crippen molar-refractivity contribution in [2.75, 3.05) is 6.54 Å². The standard InChI is InChI=1S/C18H23N3/c1-14-10-16(11-20-13-18(3,4)12-19)15(2)21(14)17-8-6-5-7-9-17/h5-10,20H,11,13H2,1-4H3. The molecule has 0 amide bonds. The zero-order chi connectivity index (χ0) is 15.5. The predicted octanol–water partition coefficient (Wildman–Crippen LogP) is 3.73. The zero-order valence-corrected chi connectivity index (χ0v) is 13.3. The summed E-state index contributed by atoms with van der Waals surface area (Å²) in [6.07, 6.45) is 0. The highest BCUT2D eigenvalue weighted by Crippen LogP contribution is 2.21. The van der Waals surface area contributed by atoms with Crippen LogP contribution in [0.1, 0.15) is 30.8 Å². The van der Waals surface area contributed by atoms with E-state index in [9.17, 15) is 0 Å². The van der Waals surface area contributed by atoms with Gasteiger partial charge in [0.2, 0.25) is 0 Å². The molecule has 2 rings (SSSR count). The van der Waals surface area contributed by atoms with Gasteiger partial charge in [-0.25, -0.2) is 0 Å². The molecule has 21 heavy (non-hydrogen) atoms. The Morgan fingerprint density at radius 2 is 1.86 bits per heavy atom. The van der Waals surface area contributed by atoms with Crippen molar-refractivity contribution in [3.63, 3.8) is 0 Å². The fraction of sp³-hybridized carbons (Fsp3) is 0.389. The Morgan fingerprint density at radius 1 is 1.19 bits per heavy atom. The second-order valence-electron chi connectivity index (χ2n) is 6.17. The number of hydrogen-bond acceptors (Lipinski definition) is 2. The van der Waals surface area contributed by atoms with Gasteiger partial charge in [0.25, 0.3) is 0 Å². The molecule has 0 saturated carbocycles. The smallest absolute Gasteiger partial charge is 0.0697 e. The van der Waals surface area contributed by atoms with E-state index in [1.165, 1.54) is 22.6 Å². The monoisotopic (exact) mass is 281 g/mol. The lowest BCUT2D eigenvalue weighted by Crippen LogP contribution is -2.27. The van der Waals surface area contributed by atoms with Gasteiger partial charge < -0.3 is 9.88 Å². The first-order valence-corrected chi connectivity index (χ1v) is 7.30. The fourth-order valence-corrected chi connectivity index (χ4v) is 2.53. The first-order chi connectivity index (χ1) is 9.94. The molecule has 0 atom stereocenters. The van der Waals surface area contributed by atoms with E-state index < -0.39 is 0 Å². The van der Waals surface area contributed by atoms with Gasteiger partial charge in [0.1, 0.15) is 0 Å². The van der Waals surface area contributed by atoms with Crippen LogP contribution in [-0.2, 0) is 6.54 Å². The highest BCUT2D eigenvalue weighted by atomic mass is 15.0. The molecule has 1 heterocycles. The molecule has 1 aromatic heterocycles. The first kappa shape index (κ1) is 15.3. The highest BCUT2D eigenvalue weighted by Gasteiger charge is 2.16. The van der Waals surface area contributed by atoms with Gasteiger partial charge in [-0.2, -0.15) is 5.26 Å². The maximum absolute atomic E-state index is 9.05. The number of aryl methyl sites for hydroxylation is 1. The highest BCUT2D eigenvalue weighted by molar-refractivity contribution is 5.40. The zero-order valence-electron chi connectivity index (χ0n) is 13.3. The van der Waals surface area contributed by atoms with Crippen LogP contribution in [0.3, 0.4) is 0 Å². The summed E-state index contributed by atoms with van der Waals surface area (Å²) in [6.45, 7) is 9.66. The molecule has 0 unspecified atom stereocenters. The fourth-order valence-electron chi connectivity index (χ4n) is 2.53. The largest absolute Gasteiger partial charge is 0.318 e. The quantitative estimate of drug-likeness (QED) is 0.907.